The Hall–Kier alpha value is -4.66. The van der Waals surface area contributed by atoms with E-state index < -0.39 is 18.2 Å². The Bertz CT molecular complexity index is 1110. The average Bonchev–Trinajstić information content (AvgIpc) is 2.88. The van der Waals surface area contributed by atoms with Crippen molar-refractivity contribution in [3.05, 3.63) is 102 Å². The van der Waals surface area contributed by atoms with Crippen molar-refractivity contribution in [1.82, 2.24) is 10.6 Å². The number of ether oxygens (including phenoxy) is 3. The molecular formula is C26H25N3O6. The molecule has 0 radical (unpaired) electrons. The van der Waals surface area contributed by atoms with Crippen LogP contribution in [0, 0.1) is 0 Å². The van der Waals surface area contributed by atoms with Gasteiger partial charge in [0.15, 0.2) is 0 Å². The molecule has 9 heteroatoms. The zero-order chi connectivity index (χ0) is 24.9. The number of guanidine groups is 1. The molecule has 2 N–H and O–H groups in total. The Morgan fingerprint density at radius 2 is 1.26 bits per heavy atom. The number of nitrogens with zero attached hydrogens (tertiary/aromatic N) is 1. The van der Waals surface area contributed by atoms with Crippen molar-refractivity contribution in [3.63, 3.8) is 0 Å². The molecule has 3 rings (SSSR count). The van der Waals surface area contributed by atoms with E-state index in [9.17, 15) is 14.4 Å². The SMILES string of the molecule is CCOC(=O)c1cccc(N=C(NC(=O)OCc2ccccc2)NC(=O)OCc2ccccc2)c1. The van der Waals surface area contributed by atoms with Gasteiger partial charge in [-0.1, -0.05) is 66.7 Å². The second-order valence-electron chi connectivity index (χ2n) is 7.10. The number of carbonyl (C=O) groups is 3. The van der Waals surface area contributed by atoms with E-state index in [2.05, 4.69) is 15.6 Å². The van der Waals surface area contributed by atoms with E-state index >= 15 is 0 Å². The fourth-order valence-electron chi connectivity index (χ4n) is 2.84. The fraction of sp³-hybridized carbons (Fsp3) is 0.154. The van der Waals surface area contributed by atoms with Crippen LogP contribution in [0.3, 0.4) is 0 Å². The van der Waals surface area contributed by atoms with Crippen LogP contribution in [0.5, 0.6) is 0 Å². The Labute approximate surface area is 202 Å². The first kappa shape index (κ1) is 25.0. The summed E-state index contributed by atoms with van der Waals surface area (Å²) in [5.41, 5.74) is 2.14. The minimum Gasteiger partial charge on any atom is -0.462 e. The van der Waals surface area contributed by atoms with E-state index in [1.165, 1.54) is 6.07 Å². The Morgan fingerprint density at radius 3 is 1.77 bits per heavy atom. The van der Waals surface area contributed by atoms with Gasteiger partial charge in [-0.15, -0.1) is 0 Å². The number of aliphatic imine (C=N–C) groups is 1. The van der Waals surface area contributed by atoms with Crippen LogP contribution in [0.4, 0.5) is 15.3 Å². The van der Waals surface area contributed by atoms with Gasteiger partial charge in [0, 0.05) is 0 Å². The Balaban J connectivity index is 1.71. The highest BCUT2D eigenvalue weighted by atomic mass is 16.6. The first-order valence-electron chi connectivity index (χ1n) is 10.8. The van der Waals surface area contributed by atoms with E-state index in [-0.39, 0.29) is 37.0 Å². The average molecular weight is 476 g/mol. The number of benzene rings is 3. The lowest BCUT2D eigenvalue weighted by atomic mass is 10.2. The zero-order valence-electron chi connectivity index (χ0n) is 19.1. The molecule has 0 aliphatic rings. The van der Waals surface area contributed by atoms with Crippen molar-refractivity contribution in [3.8, 4) is 0 Å². The molecule has 0 saturated carbocycles. The van der Waals surface area contributed by atoms with Crippen molar-refractivity contribution < 1.29 is 28.6 Å². The maximum Gasteiger partial charge on any atom is 0.414 e. The predicted molar refractivity (Wildman–Crippen MR) is 129 cm³/mol. The van der Waals surface area contributed by atoms with Gasteiger partial charge in [0.1, 0.15) is 13.2 Å². The first-order chi connectivity index (χ1) is 17.0. The lowest BCUT2D eigenvalue weighted by Gasteiger charge is -2.12. The monoisotopic (exact) mass is 475 g/mol. The lowest BCUT2D eigenvalue weighted by molar-refractivity contribution is 0.0526. The molecule has 0 aromatic heterocycles. The largest absolute Gasteiger partial charge is 0.462 e. The zero-order valence-corrected chi connectivity index (χ0v) is 19.1. The number of rotatable bonds is 7. The summed E-state index contributed by atoms with van der Waals surface area (Å²) in [6.45, 7) is 1.97. The summed E-state index contributed by atoms with van der Waals surface area (Å²) in [4.78, 5) is 41.0. The van der Waals surface area contributed by atoms with Crippen LogP contribution >= 0.6 is 0 Å². The van der Waals surface area contributed by atoms with Gasteiger partial charge >= 0.3 is 18.2 Å². The molecule has 2 amide bonds. The Kier molecular flexibility index (Phi) is 9.38. The quantitative estimate of drug-likeness (QED) is 0.221. The van der Waals surface area contributed by atoms with Gasteiger partial charge in [-0.05, 0) is 36.2 Å². The van der Waals surface area contributed by atoms with Crippen LogP contribution < -0.4 is 10.6 Å². The van der Waals surface area contributed by atoms with Crippen LogP contribution in [-0.2, 0) is 27.4 Å². The minimum absolute atomic E-state index is 0.0246. The number of nitrogens with one attached hydrogen (secondary N) is 2. The molecule has 0 saturated heterocycles. The molecule has 3 aromatic rings. The van der Waals surface area contributed by atoms with Crippen molar-refractivity contribution in [2.45, 2.75) is 20.1 Å². The van der Waals surface area contributed by atoms with Gasteiger partial charge in [-0.2, -0.15) is 0 Å². The van der Waals surface area contributed by atoms with Gasteiger partial charge in [0.2, 0.25) is 5.96 Å². The predicted octanol–water partition coefficient (Wildman–Crippen LogP) is 4.70. The molecule has 0 aliphatic carbocycles. The van der Waals surface area contributed by atoms with E-state index in [1.807, 2.05) is 60.7 Å². The summed E-state index contributed by atoms with van der Waals surface area (Å²) < 4.78 is 15.4. The highest BCUT2D eigenvalue weighted by Gasteiger charge is 2.14. The highest BCUT2D eigenvalue weighted by molar-refractivity contribution is 6.02. The highest BCUT2D eigenvalue weighted by Crippen LogP contribution is 2.15. The lowest BCUT2D eigenvalue weighted by Crippen LogP contribution is -2.44. The molecule has 180 valence electrons. The third-order valence-electron chi connectivity index (χ3n) is 4.46. The van der Waals surface area contributed by atoms with Crippen LogP contribution in [-0.4, -0.2) is 30.7 Å². The summed E-state index contributed by atoms with van der Waals surface area (Å²) in [5, 5.41) is 4.80. The van der Waals surface area contributed by atoms with Crippen LogP contribution in [0.25, 0.3) is 0 Å². The minimum atomic E-state index is -0.836. The van der Waals surface area contributed by atoms with Crippen molar-refractivity contribution >= 4 is 29.8 Å². The molecule has 0 unspecified atom stereocenters. The molecule has 35 heavy (non-hydrogen) atoms. The summed E-state index contributed by atoms with van der Waals surface area (Å²) >= 11 is 0. The summed E-state index contributed by atoms with van der Waals surface area (Å²) in [6.07, 6.45) is -1.67. The van der Waals surface area contributed by atoms with Gasteiger partial charge in [0.25, 0.3) is 0 Å². The molecule has 3 aromatic carbocycles. The molecule has 0 bridgehead atoms. The molecular weight excluding hydrogens is 450 g/mol. The summed E-state index contributed by atoms with van der Waals surface area (Å²) in [5.74, 6) is -0.751. The third kappa shape index (κ3) is 8.65. The summed E-state index contributed by atoms with van der Waals surface area (Å²) in [6, 6.07) is 24.5. The van der Waals surface area contributed by atoms with Crippen LogP contribution in [0.1, 0.15) is 28.4 Å². The maximum atomic E-state index is 12.4. The molecule has 0 atom stereocenters. The number of amides is 2. The molecule has 0 fully saturated rings. The molecule has 0 aliphatic heterocycles. The normalized spacial score (nSPS) is 9.97. The standard InChI is InChI=1S/C26H25N3O6/c1-2-33-23(30)21-14-9-15-22(16-21)27-24(28-25(31)34-17-19-10-5-3-6-11-19)29-26(32)35-18-20-12-7-4-8-13-20/h3-16H,2,17-18H2,1H3,(H2,27,28,29,31,32). The number of carbonyl (C=O) groups excluding carboxylic acids is 3. The van der Waals surface area contributed by atoms with Crippen molar-refractivity contribution in [2.24, 2.45) is 4.99 Å². The number of esters is 1. The number of hydrogen-bond donors (Lipinski definition) is 2. The van der Waals surface area contributed by atoms with Crippen molar-refractivity contribution in [1.29, 1.82) is 0 Å². The van der Waals surface area contributed by atoms with Gasteiger partial charge in [0.05, 0.1) is 17.9 Å². The fourth-order valence-corrected chi connectivity index (χ4v) is 2.84. The second kappa shape index (κ2) is 13.1. The van der Waals surface area contributed by atoms with Gasteiger partial charge in [-0.25, -0.2) is 19.4 Å². The van der Waals surface area contributed by atoms with E-state index in [0.29, 0.717) is 0 Å². The number of hydrogen-bond acceptors (Lipinski definition) is 7. The molecule has 9 nitrogen and oxygen atoms in total. The maximum absolute atomic E-state index is 12.4. The second-order valence-corrected chi connectivity index (χ2v) is 7.10. The molecule has 0 spiro atoms. The third-order valence-corrected chi connectivity index (χ3v) is 4.46. The van der Waals surface area contributed by atoms with Gasteiger partial charge in [-0.3, -0.25) is 10.6 Å². The topological polar surface area (TPSA) is 115 Å². The number of alkyl carbamates (subject to hydrolysis) is 2. The Morgan fingerprint density at radius 1 is 0.714 bits per heavy atom. The van der Waals surface area contributed by atoms with E-state index in [1.54, 1.807) is 25.1 Å². The smallest absolute Gasteiger partial charge is 0.414 e. The van der Waals surface area contributed by atoms with Crippen LogP contribution in [0.2, 0.25) is 0 Å². The first-order valence-corrected chi connectivity index (χ1v) is 10.8. The van der Waals surface area contributed by atoms with Crippen molar-refractivity contribution in [2.75, 3.05) is 6.61 Å². The van der Waals surface area contributed by atoms with E-state index in [0.717, 1.165) is 11.1 Å². The van der Waals surface area contributed by atoms with E-state index in [4.69, 9.17) is 14.2 Å². The van der Waals surface area contributed by atoms with Gasteiger partial charge < -0.3 is 14.2 Å². The van der Waals surface area contributed by atoms with Crippen LogP contribution in [0.15, 0.2) is 89.9 Å². The molecule has 0 heterocycles. The summed E-state index contributed by atoms with van der Waals surface area (Å²) in [7, 11) is 0.